The highest BCUT2D eigenvalue weighted by molar-refractivity contribution is 4.90. The van der Waals surface area contributed by atoms with Crippen molar-refractivity contribution in [3.63, 3.8) is 0 Å². The Bertz CT molecular complexity index is 284. The van der Waals surface area contributed by atoms with Gasteiger partial charge in [0.25, 0.3) is 0 Å². The molecule has 2 nitrogen and oxygen atoms in total. The third-order valence-corrected chi connectivity index (χ3v) is 5.53. The molecule has 0 bridgehead atoms. The summed E-state index contributed by atoms with van der Waals surface area (Å²) in [7, 11) is 0. The maximum Gasteiger partial charge on any atom is 0.0226 e. The third kappa shape index (κ3) is 4.21. The van der Waals surface area contributed by atoms with Gasteiger partial charge in [0.1, 0.15) is 0 Å². The molecule has 0 spiro atoms. The average Bonchev–Trinajstić information content (AvgIpc) is 2.38. The Kier molecular flexibility index (Phi) is 5.53. The van der Waals surface area contributed by atoms with E-state index in [1.54, 1.807) is 0 Å². The molecular formula is C18H36N2. The summed E-state index contributed by atoms with van der Waals surface area (Å²) in [6.45, 7) is 15.7. The molecule has 1 aliphatic carbocycles. The molecule has 1 heterocycles. The average molecular weight is 281 g/mol. The lowest BCUT2D eigenvalue weighted by molar-refractivity contribution is 0.0447. The minimum Gasteiger partial charge on any atom is -0.314 e. The topological polar surface area (TPSA) is 15.3 Å². The molecule has 0 aromatic carbocycles. The molecule has 2 aliphatic rings. The summed E-state index contributed by atoms with van der Waals surface area (Å²) < 4.78 is 0. The fourth-order valence-corrected chi connectivity index (χ4v) is 4.29. The molecule has 118 valence electrons. The SMILES string of the molecule is CC(C)CC1CNCCN1C1CCC(C(C)(C)C)CC1. The first-order valence-corrected chi connectivity index (χ1v) is 8.84. The van der Waals surface area contributed by atoms with Crippen LogP contribution in [0.1, 0.15) is 66.7 Å². The summed E-state index contributed by atoms with van der Waals surface area (Å²) in [5.74, 6) is 1.75. The molecule has 1 aliphatic heterocycles. The van der Waals surface area contributed by atoms with Crippen LogP contribution in [0, 0.1) is 17.3 Å². The van der Waals surface area contributed by atoms with Crippen LogP contribution in [0.4, 0.5) is 0 Å². The Hall–Kier alpha value is -0.0800. The van der Waals surface area contributed by atoms with E-state index in [2.05, 4.69) is 44.8 Å². The first kappa shape index (κ1) is 16.3. The van der Waals surface area contributed by atoms with Gasteiger partial charge in [-0.2, -0.15) is 0 Å². The standard InChI is InChI=1S/C18H36N2/c1-14(2)12-17-13-19-10-11-20(17)16-8-6-15(7-9-16)18(3,4)5/h14-17,19H,6-13H2,1-5H3. The maximum absolute atomic E-state index is 3.60. The second-order valence-corrected chi connectivity index (χ2v) is 8.60. The number of nitrogens with one attached hydrogen (secondary N) is 1. The van der Waals surface area contributed by atoms with Crippen molar-refractivity contribution in [2.24, 2.45) is 17.3 Å². The molecule has 20 heavy (non-hydrogen) atoms. The van der Waals surface area contributed by atoms with Crippen LogP contribution >= 0.6 is 0 Å². The van der Waals surface area contributed by atoms with E-state index >= 15 is 0 Å². The summed E-state index contributed by atoms with van der Waals surface area (Å²) >= 11 is 0. The van der Waals surface area contributed by atoms with Gasteiger partial charge in [0.05, 0.1) is 0 Å². The van der Waals surface area contributed by atoms with Crippen molar-refractivity contribution in [1.82, 2.24) is 10.2 Å². The van der Waals surface area contributed by atoms with Gasteiger partial charge in [-0.05, 0) is 49.4 Å². The molecule has 1 saturated heterocycles. The highest BCUT2D eigenvalue weighted by atomic mass is 15.2. The Labute approximate surface area is 126 Å². The molecule has 2 rings (SSSR count). The fraction of sp³-hybridized carbons (Fsp3) is 1.00. The van der Waals surface area contributed by atoms with Crippen LogP contribution in [-0.2, 0) is 0 Å². The zero-order valence-electron chi connectivity index (χ0n) is 14.4. The van der Waals surface area contributed by atoms with Gasteiger partial charge < -0.3 is 5.32 Å². The van der Waals surface area contributed by atoms with Crippen LogP contribution < -0.4 is 5.32 Å². The monoisotopic (exact) mass is 280 g/mol. The number of piperazine rings is 1. The smallest absolute Gasteiger partial charge is 0.0226 e. The summed E-state index contributed by atoms with van der Waals surface area (Å²) in [5.41, 5.74) is 0.506. The van der Waals surface area contributed by atoms with Crippen LogP contribution in [0.2, 0.25) is 0 Å². The maximum atomic E-state index is 3.60. The Morgan fingerprint density at radius 2 is 1.75 bits per heavy atom. The molecule has 2 fully saturated rings. The largest absolute Gasteiger partial charge is 0.314 e. The van der Waals surface area contributed by atoms with Crippen molar-refractivity contribution < 1.29 is 0 Å². The fourth-order valence-electron chi connectivity index (χ4n) is 4.29. The Morgan fingerprint density at radius 1 is 1.10 bits per heavy atom. The van der Waals surface area contributed by atoms with E-state index in [4.69, 9.17) is 0 Å². The van der Waals surface area contributed by atoms with Gasteiger partial charge in [0.15, 0.2) is 0 Å². The van der Waals surface area contributed by atoms with E-state index in [9.17, 15) is 0 Å². The lowest BCUT2D eigenvalue weighted by atomic mass is 9.71. The predicted octanol–water partition coefficient (Wildman–Crippen LogP) is 3.91. The van der Waals surface area contributed by atoms with E-state index in [1.165, 1.54) is 51.7 Å². The van der Waals surface area contributed by atoms with Gasteiger partial charge >= 0.3 is 0 Å². The van der Waals surface area contributed by atoms with Gasteiger partial charge in [-0.1, -0.05) is 34.6 Å². The first-order valence-electron chi connectivity index (χ1n) is 8.84. The molecule has 1 atom stereocenters. The van der Waals surface area contributed by atoms with E-state index in [0.29, 0.717) is 5.41 Å². The van der Waals surface area contributed by atoms with Crippen LogP contribution in [0.3, 0.4) is 0 Å². The number of nitrogens with zero attached hydrogens (tertiary/aromatic N) is 1. The van der Waals surface area contributed by atoms with Crippen LogP contribution in [0.15, 0.2) is 0 Å². The molecule has 0 aromatic heterocycles. The molecule has 0 aromatic rings. The second-order valence-electron chi connectivity index (χ2n) is 8.60. The van der Waals surface area contributed by atoms with Crippen molar-refractivity contribution in [2.75, 3.05) is 19.6 Å². The van der Waals surface area contributed by atoms with E-state index < -0.39 is 0 Å². The van der Waals surface area contributed by atoms with Crippen molar-refractivity contribution >= 4 is 0 Å². The van der Waals surface area contributed by atoms with Crippen LogP contribution in [-0.4, -0.2) is 36.6 Å². The van der Waals surface area contributed by atoms with Gasteiger partial charge in [-0.3, -0.25) is 4.90 Å². The summed E-state index contributed by atoms with van der Waals surface area (Å²) in [5, 5.41) is 3.60. The van der Waals surface area contributed by atoms with E-state index in [1.807, 2.05) is 0 Å². The Balaban J connectivity index is 1.90. The molecule has 0 amide bonds. The lowest BCUT2D eigenvalue weighted by Crippen LogP contribution is -2.56. The minimum absolute atomic E-state index is 0.506. The number of rotatable bonds is 3. The van der Waals surface area contributed by atoms with Crippen molar-refractivity contribution in [3.05, 3.63) is 0 Å². The van der Waals surface area contributed by atoms with Crippen LogP contribution in [0.5, 0.6) is 0 Å². The van der Waals surface area contributed by atoms with Crippen LogP contribution in [0.25, 0.3) is 0 Å². The van der Waals surface area contributed by atoms with Crippen molar-refractivity contribution in [2.45, 2.75) is 78.8 Å². The first-order chi connectivity index (χ1) is 9.38. The highest BCUT2D eigenvalue weighted by Crippen LogP contribution is 2.39. The van der Waals surface area contributed by atoms with Gasteiger partial charge in [0.2, 0.25) is 0 Å². The summed E-state index contributed by atoms with van der Waals surface area (Å²) in [6, 6.07) is 1.64. The lowest BCUT2D eigenvalue weighted by Gasteiger charge is -2.46. The molecule has 2 heteroatoms. The van der Waals surface area contributed by atoms with Gasteiger partial charge in [-0.15, -0.1) is 0 Å². The van der Waals surface area contributed by atoms with Gasteiger partial charge in [0, 0.05) is 31.7 Å². The van der Waals surface area contributed by atoms with E-state index in [0.717, 1.165) is 23.9 Å². The quantitative estimate of drug-likeness (QED) is 0.843. The normalized spacial score (nSPS) is 33.6. The zero-order chi connectivity index (χ0) is 14.8. The molecular weight excluding hydrogens is 244 g/mol. The van der Waals surface area contributed by atoms with E-state index in [-0.39, 0.29) is 0 Å². The van der Waals surface area contributed by atoms with Crippen molar-refractivity contribution in [3.8, 4) is 0 Å². The highest BCUT2D eigenvalue weighted by Gasteiger charge is 2.35. The summed E-state index contributed by atoms with van der Waals surface area (Å²) in [6.07, 6.45) is 7.08. The Morgan fingerprint density at radius 3 is 2.30 bits per heavy atom. The number of hydrogen-bond acceptors (Lipinski definition) is 2. The minimum atomic E-state index is 0.506. The molecule has 1 N–H and O–H groups in total. The molecule has 1 saturated carbocycles. The predicted molar refractivity (Wildman–Crippen MR) is 88.0 cm³/mol. The second kappa shape index (κ2) is 6.79. The summed E-state index contributed by atoms with van der Waals surface area (Å²) in [4.78, 5) is 2.86. The van der Waals surface area contributed by atoms with Crippen molar-refractivity contribution in [1.29, 1.82) is 0 Å². The van der Waals surface area contributed by atoms with Gasteiger partial charge in [-0.25, -0.2) is 0 Å². The third-order valence-electron chi connectivity index (χ3n) is 5.53. The zero-order valence-corrected chi connectivity index (χ0v) is 14.4. The molecule has 1 unspecified atom stereocenters. The number of hydrogen-bond donors (Lipinski definition) is 1. The molecule has 0 radical (unpaired) electrons.